The van der Waals surface area contributed by atoms with E-state index in [0.717, 1.165) is 5.69 Å². The molecule has 1 heterocycles. The van der Waals surface area contributed by atoms with Gasteiger partial charge < -0.3 is 15.3 Å². The van der Waals surface area contributed by atoms with Gasteiger partial charge in [0.15, 0.2) is 0 Å². The van der Waals surface area contributed by atoms with Gasteiger partial charge in [-0.1, -0.05) is 6.07 Å². The molecule has 0 unspecified atom stereocenters. The summed E-state index contributed by atoms with van der Waals surface area (Å²) in [6.45, 7) is 1.39. The quantitative estimate of drug-likeness (QED) is 0.890. The van der Waals surface area contributed by atoms with Gasteiger partial charge in [-0.15, -0.1) is 0 Å². The number of carbonyl (C=O) groups is 1. The van der Waals surface area contributed by atoms with Gasteiger partial charge in [0.25, 0.3) is 5.91 Å². The van der Waals surface area contributed by atoms with Crippen LogP contribution < -0.4 is 10.2 Å². The van der Waals surface area contributed by atoms with Crippen molar-refractivity contribution in [2.45, 2.75) is 18.9 Å². The van der Waals surface area contributed by atoms with Gasteiger partial charge in [-0.05, 0) is 49.2 Å². The van der Waals surface area contributed by atoms with Crippen LogP contribution in [-0.2, 0) is 0 Å². The SMILES string of the molecule is N#Cc1cccc(C(=O)Nc2ccc(N3CCC(O)CC3)c(C#N)c2)c1. The van der Waals surface area contributed by atoms with Gasteiger partial charge in [0, 0.05) is 24.3 Å². The fourth-order valence-electron chi connectivity index (χ4n) is 3.02. The Balaban J connectivity index is 1.78. The molecule has 1 saturated heterocycles. The third kappa shape index (κ3) is 3.83. The van der Waals surface area contributed by atoms with Crippen LogP contribution in [0.1, 0.15) is 34.3 Å². The molecular weight excluding hydrogens is 328 g/mol. The molecule has 0 saturated carbocycles. The van der Waals surface area contributed by atoms with E-state index in [1.807, 2.05) is 12.1 Å². The number of nitrogens with zero attached hydrogens (tertiary/aromatic N) is 3. The maximum absolute atomic E-state index is 12.4. The van der Waals surface area contributed by atoms with Crippen molar-refractivity contribution in [1.29, 1.82) is 10.5 Å². The number of aliphatic hydroxyl groups excluding tert-OH is 1. The first kappa shape index (κ1) is 17.5. The molecule has 0 aliphatic carbocycles. The standard InChI is InChI=1S/C20H18N4O2/c21-12-14-2-1-3-15(10-14)20(26)23-17-4-5-19(16(11-17)13-22)24-8-6-18(25)7-9-24/h1-5,10-11,18,25H,6-9H2,(H,23,26). The summed E-state index contributed by atoms with van der Waals surface area (Å²) in [5.41, 5.74) is 2.61. The number of nitrogens with one attached hydrogen (secondary N) is 1. The van der Waals surface area contributed by atoms with E-state index in [4.69, 9.17) is 5.26 Å². The van der Waals surface area contributed by atoms with Crippen LogP contribution in [0.3, 0.4) is 0 Å². The number of carbonyl (C=O) groups excluding carboxylic acids is 1. The molecule has 1 fully saturated rings. The molecule has 1 aliphatic heterocycles. The van der Waals surface area contributed by atoms with E-state index in [-0.39, 0.29) is 12.0 Å². The maximum atomic E-state index is 12.4. The molecule has 0 spiro atoms. The van der Waals surface area contributed by atoms with Gasteiger partial charge in [0.1, 0.15) is 6.07 Å². The third-order valence-electron chi connectivity index (χ3n) is 4.43. The summed E-state index contributed by atoms with van der Waals surface area (Å²) in [7, 11) is 0. The molecule has 2 aromatic rings. The number of hydrogen-bond acceptors (Lipinski definition) is 5. The van der Waals surface area contributed by atoms with Gasteiger partial charge in [-0.25, -0.2) is 0 Å². The van der Waals surface area contributed by atoms with Gasteiger partial charge in [0.2, 0.25) is 0 Å². The van der Waals surface area contributed by atoms with E-state index in [0.29, 0.717) is 48.3 Å². The van der Waals surface area contributed by atoms with E-state index >= 15 is 0 Å². The van der Waals surface area contributed by atoms with Gasteiger partial charge in [-0.3, -0.25) is 4.79 Å². The Morgan fingerprint density at radius 1 is 1.12 bits per heavy atom. The second-order valence-electron chi connectivity index (χ2n) is 6.21. The van der Waals surface area contributed by atoms with Crippen molar-refractivity contribution in [1.82, 2.24) is 0 Å². The van der Waals surface area contributed by atoms with Gasteiger partial charge in [0.05, 0.1) is 29.0 Å². The first-order chi connectivity index (χ1) is 12.6. The van der Waals surface area contributed by atoms with Crippen LogP contribution in [0.5, 0.6) is 0 Å². The first-order valence-electron chi connectivity index (χ1n) is 8.39. The Kier molecular flexibility index (Phi) is 5.17. The Morgan fingerprint density at radius 3 is 2.58 bits per heavy atom. The normalized spacial score (nSPS) is 14.3. The molecule has 0 bridgehead atoms. The highest BCUT2D eigenvalue weighted by Crippen LogP contribution is 2.27. The summed E-state index contributed by atoms with van der Waals surface area (Å²) in [5.74, 6) is -0.333. The van der Waals surface area contributed by atoms with Crippen LogP contribution >= 0.6 is 0 Å². The summed E-state index contributed by atoms with van der Waals surface area (Å²) >= 11 is 0. The Bertz CT molecular complexity index is 903. The first-order valence-corrected chi connectivity index (χ1v) is 8.39. The Morgan fingerprint density at radius 2 is 1.88 bits per heavy atom. The highest BCUT2D eigenvalue weighted by atomic mass is 16.3. The molecule has 3 rings (SSSR count). The zero-order valence-corrected chi connectivity index (χ0v) is 14.1. The molecule has 1 aliphatic rings. The van der Waals surface area contributed by atoms with Crippen LogP contribution in [0.15, 0.2) is 42.5 Å². The molecule has 130 valence electrons. The number of rotatable bonds is 3. The Labute approximate surface area is 151 Å². The molecule has 26 heavy (non-hydrogen) atoms. The Hall–Kier alpha value is -3.35. The summed E-state index contributed by atoms with van der Waals surface area (Å²) < 4.78 is 0. The van der Waals surface area contributed by atoms with Crippen LogP contribution in [0.4, 0.5) is 11.4 Å². The van der Waals surface area contributed by atoms with Crippen molar-refractivity contribution in [3.63, 3.8) is 0 Å². The smallest absolute Gasteiger partial charge is 0.255 e. The predicted molar refractivity (Wildman–Crippen MR) is 97.7 cm³/mol. The van der Waals surface area contributed by atoms with Crippen molar-refractivity contribution in [2.75, 3.05) is 23.3 Å². The summed E-state index contributed by atoms with van der Waals surface area (Å²) in [6, 6.07) is 15.8. The molecule has 0 atom stereocenters. The fraction of sp³-hybridized carbons (Fsp3) is 0.250. The van der Waals surface area contributed by atoms with Crippen LogP contribution in [0, 0.1) is 22.7 Å². The molecule has 2 aromatic carbocycles. The number of nitriles is 2. The summed E-state index contributed by atoms with van der Waals surface area (Å²) in [5, 5.41) is 30.8. The van der Waals surface area contributed by atoms with Crippen LogP contribution in [-0.4, -0.2) is 30.2 Å². The minimum absolute atomic E-state index is 0.278. The van der Waals surface area contributed by atoms with Crippen LogP contribution in [0.2, 0.25) is 0 Å². The molecule has 0 aromatic heterocycles. The lowest BCUT2D eigenvalue weighted by atomic mass is 10.0. The number of anilines is 2. The van der Waals surface area contributed by atoms with E-state index in [9.17, 15) is 15.2 Å². The van der Waals surface area contributed by atoms with Crippen molar-refractivity contribution in [3.05, 3.63) is 59.2 Å². The number of aliphatic hydroxyl groups is 1. The summed E-state index contributed by atoms with van der Waals surface area (Å²) in [4.78, 5) is 14.4. The van der Waals surface area contributed by atoms with Gasteiger partial charge >= 0.3 is 0 Å². The number of piperidine rings is 1. The third-order valence-corrected chi connectivity index (χ3v) is 4.43. The minimum Gasteiger partial charge on any atom is -0.393 e. The van der Waals surface area contributed by atoms with E-state index in [1.54, 1.807) is 30.3 Å². The minimum atomic E-state index is -0.333. The average molecular weight is 346 g/mol. The monoisotopic (exact) mass is 346 g/mol. The summed E-state index contributed by atoms with van der Waals surface area (Å²) in [6.07, 6.45) is 1.08. The number of amides is 1. The lowest BCUT2D eigenvalue weighted by Crippen LogP contribution is -2.36. The molecule has 1 amide bonds. The van der Waals surface area contributed by atoms with E-state index in [2.05, 4.69) is 16.3 Å². The number of benzene rings is 2. The lowest BCUT2D eigenvalue weighted by Gasteiger charge is -2.32. The van der Waals surface area contributed by atoms with E-state index < -0.39 is 0 Å². The lowest BCUT2D eigenvalue weighted by molar-refractivity contribution is 0.102. The second kappa shape index (κ2) is 7.69. The average Bonchev–Trinajstić information content (AvgIpc) is 2.68. The maximum Gasteiger partial charge on any atom is 0.255 e. The molecule has 2 N–H and O–H groups in total. The molecule has 6 heteroatoms. The van der Waals surface area contributed by atoms with Crippen LogP contribution in [0.25, 0.3) is 0 Å². The highest BCUT2D eigenvalue weighted by Gasteiger charge is 2.20. The van der Waals surface area contributed by atoms with Crippen molar-refractivity contribution >= 4 is 17.3 Å². The highest BCUT2D eigenvalue weighted by molar-refractivity contribution is 6.04. The zero-order valence-electron chi connectivity index (χ0n) is 14.1. The van der Waals surface area contributed by atoms with Crippen molar-refractivity contribution in [3.8, 4) is 12.1 Å². The van der Waals surface area contributed by atoms with E-state index in [1.165, 1.54) is 6.07 Å². The zero-order chi connectivity index (χ0) is 18.5. The number of hydrogen-bond donors (Lipinski definition) is 2. The largest absolute Gasteiger partial charge is 0.393 e. The second-order valence-corrected chi connectivity index (χ2v) is 6.21. The fourth-order valence-corrected chi connectivity index (χ4v) is 3.02. The molecular formula is C20H18N4O2. The predicted octanol–water partition coefficient (Wildman–Crippen LogP) is 2.64. The van der Waals surface area contributed by atoms with Crippen molar-refractivity contribution < 1.29 is 9.90 Å². The molecule has 6 nitrogen and oxygen atoms in total. The van der Waals surface area contributed by atoms with Gasteiger partial charge in [-0.2, -0.15) is 10.5 Å². The molecule has 0 radical (unpaired) electrons. The van der Waals surface area contributed by atoms with Crippen molar-refractivity contribution in [2.24, 2.45) is 0 Å². The topological polar surface area (TPSA) is 100 Å².